The number of carbonyl (C=O) groups is 2. The first kappa shape index (κ1) is 30.4. The highest BCUT2D eigenvalue weighted by Crippen LogP contribution is 2.16. The summed E-state index contributed by atoms with van der Waals surface area (Å²) in [4.78, 5) is 30.3. The van der Waals surface area contributed by atoms with E-state index in [-0.39, 0.29) is 18.5 Å². The molecule has 2 aromatic carbocycles. The van der Waals surface area contributed by atoms with Crippen molar-refractivity contribution < 1.29 is 14.3 Å². The highest BCUT2D eigenvalue weighted by atomic mass is 79.9. The van der Waals surface area contributed by atoms with Crippen molar-refractivity contribution in [3.63, 3.8) is 0 Å². The fourth-order valence-corrected chi connectivity index (χ4v) is 4.49. The van der Waals surface area contributed by atoms with Gasteiger partial charge in [-0.25, -0.2) is 4.79 Å². The van der Waals surface area contributed by atoms with Gasteiger partial charge in [0.05, 0.1) is 6.54 Å². The van der Waals surface area contributed by atoms with Crippen LogP contribution in [0, 0.1) is 6.92 Å². The van der Waals surface area contributed by atoms with Gasteiger partial charge in [-0.1, -0.05) is 59.1 Å². The number of rotatable bonds is 15. The number of urea groups is 1. The van der Waals surface area contributed by atoms with Crippen LogP contribution in [-0.2, 0) is 22.6 Å². The second-order valence-corrected chi connectivity index (χ2v) is 10.6. The van der Waals surface area contributed by atoms with E-state index in [2.05, 4.69) is 57.1 Å². The fourth-order valence-electron chi connectivity index (χ4n) is 4.23. The lowest BCUT2D eigenvalue weighted by Crippen LogP contribution is -2.45. The van der Waals surface area contributed by atoms with Crippen LogP contribution in [0.3, 0.4) is 0 Å². The Balaban J connectivity index is 1.71. The van der Waals surface area contributed by atoms with Gasteiger partial charge in [-0.05, 0) is 68.7 Å². The first-order valence-electron chi connectivity index (χ1n) is 13.8. The molecule has 0 aliphatic heterocycles. The molecule has 3 aromatic rings. The predicted octanol–water partition coefficient (Wildman–Crippen LogP) is 6.70. The zero-order valence-corrected chi connectivity index (χ0v) is 25.0. The molecule has 0 unspecified atom stereocenters. The second-order valence-electron chi connectivity index (χ2n) is 9.69. The first-order valence-corrected chi connectivity index (χ1v) is 14.6. The van der Waals surface area contributed by atoms with Gasteiger partial charge in [0.2, 0.25) is 5.91 Å². The Hall–Kier alpha value is -3.10. The minimum Gasteiger partial charge on any atom is -0.382 e. The number of unbranched alkanes of at least 4 members (excludes halogenated alkanes) is 1. The smallest absolute Gasteiger partial charge is 0.322 e. The predicted molar refractivity (Wildman–Crippen MR) is 161 cm³/mol. The molecule has 1 heterocycles. The van der Waals surface area contributed by atoms with Gasteiger partial charge < -0.3 is 24.4 Å². The van der Waals surface area contributed by atoms with Crippen LogP contribution >= 0.6 is 15.9 Å². The van der Waals surface area contributed by atoms with Crippen molar-refractivity contribution in [1.82, 2.24) is 14.4 Å². The van der Waals surface area contributed by atoms with Crippen LogP contribution in [0.15, 0.2) is 71.3 Å². The molecule has 0 saturated heterocycles. The lowest BCUT2D eigenvalue weighted by molar-refractivity contribution is -0.132. The summed E-state index contributed by atoms with van der Waals surface area (Å²) in [5.41, 5.74) is 4.08. The maximum atomic E-state index is 13.6. The Bertz CT molecular complexity index is 1160. The van der Waals surface area contributed by atoms with Gasteiger partial charge in [-0.15, -0.1) is 0 Å². The molecule has 0 bridgehead atoms. The van der Waals surface area contributed by atoms with E-state index in [1.807, 2.05) is 61.2 Å². The Kier molecular flexibility index (Phi) is 12.6. The van der Waals surface area contributed by atoms with Crippen LogP contribution < -0.4 is 5.32 Å². The average Bonchev–Trinajstić information content (AvgIpc) is 3.37. The zero-order chi connectivity index (χ0) is 28.0. The SMILES string of the molecule is CCCCN(Cc1cccn1Cc1ccc(Br)cc1)C(=O)CN(CCCOCC)C(=O)Nc1ccc(C)cc1. The molecule has 0 aliphatic rings. The van der Waals surface area contributed by atoms with Crippen molar-refractivity contribution in [2.75, 3.05) is 38.2 Å². The van der Waals surface area contributed by atoms with E-state index < -0.39 is 0 Å². The van der Waals surface area contributed by atoms with Crippen molar-refractivity contribution in [2.24, 2.45) is 0 Å². The second kappa shape index (κ2) is 16.1. The summed E-state index contributed by atoms with van der Waals surface area (Å²) in [6.45, 7) is 9.56. The molecule has 0 atom stereocenters. The van der Waals surface area contributed by atoms with E-state index in [9.17, 15) is 9.59 Å². The van der Waals surface area contributed by atoms with E-state index in [0.717, 1.165) is 35.1 Å². The van der Waals surface area contributed by atoms with Crippen LogP contribution in [0.2, 0.25) is 0 Å². The van der Waals surface area contributed by atoms with Gasteiger partial charge >= 0.3 is 6.03 Å². The number of aromatic nitrogens is 1. The minimum absolute atomic E-state index is 0.0148. The molecular weight excluding hydrogens is 556 g/mol. The van der Waals surface area contributed by atoms with Gasteiger partial charge in [0.1, 0.15) is 6.54 Å². The highest BCUT2D eigenvalue weighted by molar-refractivity contribution is 9.10. The average molecular weight is 598 g/mol. The van der Waals surface area contributed by atoms with Gasteiger partial charge in [0.15, 0.2) is 0 Å². The third-order valence-corrected chi connectivity index (χ3v) is 7.04. The van der Waals surface area contributed by atoms with Crippen molar-refractivity contribution in [3.8, 4) is 0 Å². The molecule has 3 amide bonds. The van der Waals surface area contributed by atoms with Crippen LogP contribution in [0.4, 0.5) is 10.5 Å². The zero-order valence-electron chi connectivity index (χ0n) is 23.4. The van der Waals surface area contributed by atoms with Gasteiger partial charge in [-0.3, -0.25) is 4.79 Å². The minimum atomic E-state index is -0.280. The van der Waals surface area contributed by atoms with Crippen molar-refractivity contribution in [2.45, 2.75) is 53.1 Å². The normalized spacial score (nSPS) is 10.9. The molecule has 39 heavy (non-hydrogen) atoms. The molecule has 7 nitrogen and oxygen atoms in total. The number of anilines is 1. The molecule has 1 N–H and O–H groups in total. The highest BCUT2D eigenvalue weighted by Gasteiger charge is 2.22. The third-order valence-electron chi connectivity index (χ3n) is 6.51. The Labute approximate surface area is 241 Å². The number of aryl methyl sites for hydroxylation is 1. The van der Waals surface area contributed by atoms with Crippen molar-refractivity contribution in [1.29, 1.82) is 0 Å². The standard InChI is InChI=1S/C31H41BrN4O3/c1-4-6-18-35(23-29-9-7-19-34(29)22-26-12-14-27(32)15-13-26)30(37)24-36(20-8-21-39-5-2)31(38)33-28-16-10-25(3)11-17-28/h7,9-17,19H,4-6,8,18,20-24H2,1-3H3,(H,33,38). The topological polar surface area (TPSA) is 66.8 Å². The summed E-state index contributed by atoms with van der Waals surface area (Å²) in [5.74, 6) is -0.0599. The molecule has 0 fully saturated rings. The van der Waals surface area contributed by atoms with Crippen molar-refractivity contribution >= 4 is 33.6 Å². The number of amides is 3. The Morgan fingerprint density at radius 1 is 0.949 bits per heavy atom. The Morgan fingerprint density at radius 3 is 2.36 bits per heavy atom. The van der Waals surface area contributed by atoms with Crippen molar-refractivity contribution in [3.05, 3.63) is 88.2 Å². The molecule has 210 valence electrons. The number of hydrogen-bond donors (Lipinski definition) is 1. The summed E-state index contributed by atoms with van der Waals surface area (Å²) in [6.07, 6.45) is 4.59. The van der Waals surface area contributed by atoms with E-state index >= 15 is 0 Å². The van der Waals surface area contributed by atoms with E-state index in [1.165, 1.54) is 5.56 Å². The molecule has 8 heteroatoms. The number of hydrogen-bond acceptors (Lipinski definition) is 3. The van der Waals surface area contributed by atoms with E-state index in [4.69, 9.17) is 4.74 Å². The number of benzene rings is 2. The Morgan fingerprint density at radius 2 is 1.67 bits per heavy atom. The van der Waals surface area contributed by atoms with Crippen LogP contribution in [0.1, 0.15) is 49.9 Å². The lowest BCUT2D eigenvalue weighted by Gasteiger charge is -2.28. The third kappa shape index (κ3) is 10.2. The number of nitrogens with zero attached hydrogens (tertiary/aromatic N) is 3. The molecule has 0 radical (unpaired) electrons. The molecular formula is C31H41BrN4O3. The molecule has 0 saturated carbocycles. The van der Waals surface area contributed by atoms with E-state index in [1.54, 1.807) is 4.90 Å². The summed E-state index contributed by atoms with van der Waals surface area (Å²) in [6, 6.07) is 19.7. The van der Waals surface area contributed by atoms with Crippen LogP contribution in [0.5, 0.6) is 0 Å². The molecule has 0 aliphatic carbocycles. The van der Waals surface area contributed by atoms with Gasteiger partial charge in [0, 0.05) is 54.9 Å². The maximum absolute atomic E-state index is 13.6. The fraction of sp³-hybridized carbons (Fsp3) is 0.419. The molecule has 0 spiro atoms. The van der Waals surface area contributed by atoms with Gasteiger partial charge in [0.25, 0.3) is 0 Å². The number of ether oxygens (including phenoxy) is 1. The van der Waals surface area contributed by atoms with Gasteiger partial charge in [-0.2, -0.15) is 0 Å². The largest absolute Gasteiger partial charge is 0.382 e. The lowest BCUT2D eigenvalue weighted by atomic mass is 10.2. The number of nitrogens with one attached hydrogen (secondary N) is 1. The quantitative estimate of drug-likeness (QED) is 0.199. The maximum Gasteiger partial charge on any atom is 0.322 e. The monoisotopic (exact) mass is 596 g/mol. The first-order chi connectivity index (χ1) is 18.9. The van der Waals surface area contributed by atoms with Crippen LogP contribution in [-0.4, -0.2) is 59.2 Å². The summed E-state index contributed by atoms with van der Waals surface area (Å²) < 4.78 is 8.71. The summed E-state index contributed by atoms with van der Waals surface area (Å²) in [5, 5.41) is 2.95. The van der Waals surface area contributed by atoms with E-state index in [0.29, 0.717) is 45.0 Å². The number of carbonyl (C=O) groups excluding carboxylic acids is 2. The number of halogens is 1. The summed E-state index contributed by atoms with van der Waals surface area (Å²) in [7, 11) is 0. The molecule has 1 aromatic heterocycles. The summed E-state index contributed by atoms with van der Waals surface area (Å²) >= 11 is 3.49. The van der Waals surface area contributed by atoms with Crippen LogP contribution in [0.25, 0.3) is 0 Å². The molecule has 3 rings (SSSR count).